The molecule has 3 rings (SSSR count). The Morgan fingerprint density at radius 3 is 1.46 bits per heavy atom. The maximum absolute atomic E-state index is 10.7. The number of alkyl halides is 6. The second-order valence-corrected chi connectivity index (χ2v) is 13.1. The Bertz CT molecular complexity index is 841. The van der Waals surface area contributed by atoms with Gasteiger partial charge in [0.25, 0.3) is 0 Å². The van der Waals surface area contributed by atoms with Gasteiger partial charge < -0.3 is 0 Å². The molecule has 2 saturated carbocycles. The first-order chi connectivity index (χ1) is 15.8. The van der Waals surface area contributed by atoms with E-state index in [1.54, 1.807) is 4.91 Å². The molecule has 0 aromatic carbocycles. The highest BCUT2D eigenvalue weighted by Crippen LogP contribution is 2.45. The first-order valence-electron chi connectivity index (χ1n) is 11.2. The lowest BCUT2D eigenvalue weighted by atomic mass is 9.69. The monoisotopic (exact) mass is 578 g/mol. The van der Waals surface area contributed by atoms with Gasteiger partial charge in [-0.1, -0.05) is 25.8 Å². The molecule has 6 nitrogen and oxygen atoms in total. The molecule has 2 aliphatic carbocycles. The molecule has 0 atom stereocenters. The van der Waals surface area contributed by atoms with Gasteiger partial charge in [0, 0.05) is 0 Å². The van der Waals surface area contributed by atoms with E-state index in [-0.39, 0.29) is 0 Å². The quantitative estimate of drug-likeness (QED) is 0.210. The van der Waals surface area contributed by atoms with Gasteiger partial charge in [-0.15, -0.1) is 11.8 Å². The van der Waals surface area contributed by atoms with Gasteiger partial charge in [-0.2, -0.15) is 43.2 Å². The van der Waals surface area contributed by atoms with Crippen molar-refractivity contribution in [2.45, 2.75) is 82.1 Å². The zero-order valence-electron chi connectivity index (χ0n) is 19.2. The minimum absolute atomic E-state index is 0.948. The molecule has 208 valence electrons. The molecule has 3 aliphatic rings. The van der Waals surface area contributed by atoms with Crippen molar-refractivity contribution >= 4 is 32.0 Å². The van der Waals surface area contributed by atoms with Crippen molar-refractivity contribution in [3.05, 3.63) is 11.0 Å². The van der Waals surface area contributed by atoms with Gasteiger partial charge >= 0.3 is 31.3 Å². The van der Waals surface area contributed by atoms with E-state index in [1.807, 2.05) is 0 Å². The summed E-state index contributed by atoms with van der Waals surface area (Å²) in [6, 6.07) is 0. The lowest BCUT2D eigenvalue weighted by Gasteiger charge is -2.38. The molecule has 0 aromatic heterocycles. The molecule has 0 amide bonds. The summed E-state index contributed by atoms with van der Waals surface area (Å²) in [5.74, 6) is 5.51. The largest absolute Gasteiger partial charge is 0.522 e. The summed E-state index contributed by atoms with van der Waals surface area (Å²) in [4.78, 5) is 1.77. The van der Waals surface area contributed by atoms with E-state index in [0.717, 1.165) is 23.7 Å². The molecule has 2 fully saturated rings. The van der Waals surface area contributed by atoms with Crippen molar-refractivity contribution in [3.8, 4) is 0 Å². The highest BCUT2D eigenvalue weighted by molar-refractivity contribution is 8.03. The van der Waals surface area contributed by atoms with E-state index < -0.39 is 31.3 Å². The first-order valence-corrected chi connectivity index (χ1v) is 15.1. The van der Waals surface area contributed by atoms with E-state index in [2.05, 4.69) is 24.8 Å². The number of halogens is 6. The molecule has 15 heteroatoms. The van der Waals surface area contributed by atoms with Crippen LogP contribution in [0.25, 0.3) is 0 Å². The Kier molecular flexibility index (Phi) is 12.4. The van der Waals surface area contributed by atoms with Gasteiger partial charge in [0.05, 0.1) is 0 Å². The van der Waals surface area contributed by atoms with E-state index in [9.17, 15) is 26.3 Å². The molecular formula is C20H32F6O6S3. The Labute approximate surface area is 206 Å². The third-order valence-corrected chi connectivity index (χ3v) is 8.95. The maximum atomic E-state index is 10.7. The number of rotatable bonds is 2. The topological polar surface area (TPSA) is 109 Å². The third-order valence-electron chi connectivity index (χ3n) is 6.45. The van der Waals surface area contributed by atoms with Crippen LogP contribution in [0.15, 0.2) is 11.0 Å². The smallest absolute Gasteiger partial charge is 0.279 e. The summed E-state index contributed by atoms with van der Waals surface area (Å²) in [6.07, 6.45) is 17.4. The fourth-order valence-corrected chi connectivity index (χ4v) is 5.75. The highest BCUT2D eigenvalue weighted by atomic mass is 32.2. The molecule has 1 heterocycles. The minimum atomic E-state index is -5.84. The van der Waals surface area contributed by atoms with Crippen molar-refractivity contribution in [1.82, 2.24) is 0 Å². The minimum Gasteiger partial charge on any atom is -0.279 e. The molecule has 0 aromatic rings. The molecule has 1 aliphatic heterocycles. The van der Waals surface area contributed by atoms with Crippen LogP contribution in [0.5, 0.6) is 0 Å². The van der Waals surface area contributed by atoms with Crippen molar-refractivity contribution in [1.29, 1.82) is 0 Å². The lowest BCUT2D eigenvalue weighted by Crippen LogP contribution is -2.25. The molecule has 0 bridgehead atoms. The van der Waals surface area contributed by atoms with Gasteiger partial charge in [-0.05, 0) is 85.7 Å². The van der Waals surface area contributed by atoms with Crippen LogP contribution in [-0.2, 0) is 20.2 Å². The molecule has 2 N–H and O–H groups in total. The van der Waals surface area contributed by atoms with Gasteiger partial charge in [-0.25, -0.2) is 0 Å². The van der Waals surface area contributed by atoms with E-state index in [1.165, 1.54) is 70.0 Å². The molecule has 0 saturated heterocycles. The van der Waals surface area contributed by atoms with Crippen LogP contribution in [0.4, 0.5) is 26.3 Å². The van der Waals surface area contributed by atoms with Gasteiger partial charge in [0.2, 0.25) is 0 Å². The van der Waals surface area contributed by atoms with Crippen LogP contribution in [0.2, 0.25) is 0 Å². The van der Waals surface area contributed by atoms with Crippen LogP contribution in [-0.4, -0.2) is 42.7 Å². The van der Waals surface area contributed by atoms with Crippen LogP contribution in [0.3, 0.4) is 0 Å². The predicted molar refractivity (Wildman–Crippen MR) is 122 cm³/mol. The van der Waals surface area contributed by atoms with Gasteiger partial charge in [0.1, 0.15) is 0 Å². The maximum Gasteiger partial charge on any atom is 0.522 e. The van der Waals surface area contributed by atoms with E-state index in [4.69, 9.17) is 25.9 Å². The van der Waals surface area contributed by atoms with Crippen LogP contribution in [0.1, 0.15) is 71.1 Å². The van der Waals surface area contributed by atoms with Crippen molar-refractivity contribution < 1.29 is 52.3 Å². The SMILES string of the molecule is CC1CCC(C2CCC(C3=CCCCS3)CC2)CC1.O=S(=O)(O)C(F)(F)F.O=S(=O)(O)C(F)(F)F. The fourth-order valence-electron chi connectivity index (χ4n) is 4.49. The Morgan fingerprint density at radius 2 is 1.14 bits per heavy atom. The number of allylic oxidation sites excluding steroid dienone is 2. The zero-order chi connectivity index (χ0) is 27.1. The summed E-state index contributed by atoms with van der Waals surface area (Å²) in [6.45, 7) is 2.44. The lowest BCUT2D eigenvalue weighted by molar-refractivity contribution is -0.0514. The summed E-state index contributed by atoms with van der Waals surface area (Å²) in [7, 11) is -11.7. The van der Waals surface area contributed by atoms with Crippen molar-refractivity contribution in [2.24, 2.45) is 23.7 Å². The summed E-state index contributed by atoms with van der Waals surface area (Å²) < 4.78 is 115. The average molecular weight is 579 g/mol. The molecular weight excluding hydrogens is 546 g/mol. The molecule has 0 spiro atoms. The first kappa shape index (κ1) is 32.5. The van der Waals surface area contributed by atoms with Gasteiger partial charge in [-0.3, -0.25) is 9.11 Å². The molecule has 35 heavy (non-hydrogen) atoms. The second-order valence-electron chi connectivity index (χ2n) is 9.07. The fraction of sp³-hybridized carbons (Fsp3) is 0.900. The Morgan fingerprint density at radius 1 is 0.771 bits per heavy atom. The number of hydrogen-bond donors (Lipinski definition) is 2. The van der Waals surface area contributed by atoms with E-state index in [0.29, 0.717) is 0 Å². The highest BCUT2D eigenvalue weighted by Gasteiger charge is 2.45. The third kappa shape index (κ3) is 11.6. The van der Waals surface area contributed by atoms with Gasteiger partial charge in [0.15, 0.2) is 0 Å². The summed E-state index contributed by atoms with van der Waals surface area (Å²) in [5.41, 5.74) is -11.1. The Hall–Kier alpha value is -0.510. The second kappa shape index (κ2) is 13.3. The van der Waals surface area contributed by atoms with Crippen LogP contribution < -0.4 is 0 Å². The van der Waals surface area contributed by atoms with Crippen LogP contribution >= 0.6 is 11.8 Å². The van der Waals surface area contributed by atoms with E-state index >= 15 is 0 Å². The predicted octanol–water partition coefficient (Wildman–Crippen LogP) is 6.82. The number of hydrogen-bond acceptors (Lipinski definition) is 5. The van der Waals surface area contributed by atoms with Crippen LogP contribution in [0, 0.1) is 23.7 Å². The number of thioether (sulfide) groups is 1. The molecule has 0 radical (unpaired) electrons. The zero-order valence-corrected chi connectivity index (χ0v) is 21.6. The normalized spacial score (nSPS) is 28.5. The Balaban J connectivity index is 0.000000320. The average Bonchev–Trinajstić information content (AvgIpc) is 2.73. The van der Waals surface area contributed by atoms with Crippen molar-refractivity contribution in [2.75, 3.05) is 5.75 Å². The summed E-state index contributed by atoms with van der Waals surface area (Å²) in [5, 5.41) is 0. The molecule has 0 unspecified atom stereocenters. The van der Waals surface area contributed by atoms with Crippen molar-refractivity contribution in [3.63, 3.8) is 0 Å². The standard InChI is InChI=1S/C18H30S.2CHF3O3S/c1-14-5-7-15(8-6-14)16-9-11-17(12-10-16)18-4-2-3-13-19-18;2*2-1(3,4)8(5,6)7/h4,14-17H,2-3,5-13H2,1H3;2*(H,5,6,7). The summed E-state index contributed by atoms with van der Waals surface area (Å²) >= 11 is 2.17.